The van der Waals surface area contributed by atoms with Crippen molar-refractivity contribution in [3.05, 3.63) is 21.0 Å². The predicted molar refractivity (Wildman–Crippen MR) is 71.3 cm³/mol. The molecule has 1 saturated heterocycles. The second-order valence-electron chi connectivity index (χ2n) is 4.38. The Kier molecular flexibility index (Phi) is 4.17. The zero-order valence-corrected chi connectivity index (χ0v) is 11.5. The molecular weight excluding hydrogens is 284 g/mol. The molecule has 94 valence electrons. The monoisotopic (exact) mass is 300 g/mol. The highest BCUT2D eigenvalue weighted by molar-refractivity contribution is 9.10. The van der Waals surface area contributed by atoms with Gasteiger partial charge in [-0.05, 0) is 47.8 Å². The molecule has 6 heteroatoms. The molecule has 0 saturated carbocycles. The van der Waals surface area contributed by atoms with Gasteiger partial charge < -0.3 is 10.6 Å². The van der Waals surface area contributed by atoms with Crippen molar-refractivity contribution in [2.45, 2.75) is 12.8 Å². The lowest BCUT2D eigenvalue weighted by Crippen LogP contribution is -2.22. The molecule has 2 N–H and O–H groups in total. The molecule has 2 rings (SSSR count). The van der Waals surface area contributed by atoms with Crippen molar-refractivity contribution in [3.8, 4) is 0 Å². The van der Waals surface area contributed by atoms with Crippen molar-refractivity contribution in [2.75, 3.05) is 25.0 Å². The Labute approximate surface area is 109 Å². The smallest absolute Gasteiger partial charge is 0.282 e. The van der Waals surface area contributed by atoms with E-state index < -0.39 is 0 Å². The van der Waals surface area contributed by atoms with Gasteiger partial charge in [0.2, 0.25) is 0 Å². The molecule has 1 aromatic heterocycles. The Balaban J connectivity index is 1.90. The number of halogens is 1. The van der Waals surface area contributed by atoms with Crippen molar-refractivity contribution in [2.24, 2.45) is 13.0 Å². The van der Waals surface area contributed by atoms with Gasteiger partial charge in [-0.15, -0.1) is 0 Å². The van der Waals surface area contributed by atoms with Crippen LogP contribution in [0.5, 0.6) is 0 Å². The fourth-order valence-corrected chi connectivity index (χ4v) is 2.50. The lowest BCUT2D eigenvalue weighted by atomic mass is 10.1. The quantitative estimate of drug-likeness (QED) is 0.869. The Morgan fingerprint density at radius 1 is 1.71 bits per heavy atom. The first-order valence-electron chi connectivity index (χ1n) is 5.85. The summed E-state index contributed by atoms with van der Waals surface area (Å²) in [6.45, 7) is 3.11. The largest absolute Gasteiger partial charge is 0.383 e. The molecule has 0 aliphatic carbocycles. The highest BCUT2D eigenvalue weighted by Gasteiger charge is 2.14. The molecule has 1 unspecified atom stereocenters. The number of aromatic nitrogens is 2. The van der Waals surface area contributed by atoms with Crippen LogP contribution in [0, 0.1) is 5.92 Å². The van der Waals surface area contributed by atoms with Gasteiger partial charge in [0, 0.05) is 13.6 Å². The van der Waals surface area contributed by atoms with Crippen molar-refractivity contribution >= 4 is 21.6 Å². The van der Waals surface area contributed by atoms with Crippen LogP contribution in [-0.4, -0.2) is 29.4 Å². The standard InChI is InChI=1S/C11H17BrN4O/c1-16-11(17)10(12)9(7-15-16)14-5-3-8-2-4-13-6-8/h7-8,13-14H,2-6H2,1H3. The highest BCUT2D eigenvalue weighted by atomic mass is 79.9. The third kappa shape index (κ3) is 3.07. The van der Waals surface area contributed by atoms with Crippen LogP contribution in [-0.2, 0) is 7.05 Å². The molecule has 5 nitrogen and oxygen atoms in total. The molecule has 0 aromatic carbocycles. The van der Waals surface area contributed by atoms with Crippen LogP contribution >= 0.6 is 15.9 Å². The summed E-state index contributed by atoms with van der Waals surface area (Å²) in [5.74, 6) is 0.751. The number of anilines is 1. The van der Waals surface area contributed by atoms with E-state index in [0.29, 0.717) is 4.47 Å². The van der Waals surface area contributed by atoms with Gasteiger partial charge in [0.05, 0.1) is 11.9 Å². The molecule has 2 heterocycles. The zero-order chi connectivity index (χ0) is 12.3. The maximum Gasteiger partial charge on any atom is 0.282 e. The van der Waals surface area contributed by atoms with Gasteiger partial charge >= 0.3 is 0 Å². The van der Waals surface area contributed by atoms with Gasteiger partial charge in [-0.2, -0.15) is 5.10 Å². The zero-order valence-electron chi connectivity index (χ0n) is 9.87. The summed E-state index contributed by atoms with van der Waals surface area (Å²) >= 11 is 3.30. The predicted octanol–water partition coefficient (Wildman–Crippen LogP) is 0.954. The van der Waals surface area contributed by atoms with E-state index in [9.17, 15) is 4.79 Å². The Bertz CT molecular complexity index is 440. The van der Waals surface area contributed by atoms with E-state index in [4.69, 9.17) is 0 Å². The first-order chi connectivity index (χ1) is 8.18. The number of nitrogens with zero attached hydrogens (tertiary/aromatic N) is 2. The summed E-state index contributed by atoms with van der Waals surface area (Å²) in [5.41, 5.74) is 0.664. The maximum atomic E-state index is 11.6. The van der Waals surface area contributed by atoms with E-state index >= 15 is 0 Å². The molecule has 0 amide bonds. The van der Waals surface area contributed by atoms with Gasteiger partial charge in [-0.3, -0.25) is 4.79 Å². The number of rotatable bonds is 4. The molecule has 1 aliphatic rings. The van der Waals surface area contributed by atoms with E-state index in [1.807, 2.05) is 0 Å². The van der Waals surface area contributed by atoms with Crippen LogP contribution < -0.4 is 16.2 Å². The normalized spacial score (nSPS) is 19.5. The van der Waals surface area contributed by atoms with Gasteiger partial charge in [-0.25, -0.2) is 4.68 Å². The molecule has 1 atom stereocenters. The summed E-state index contributed by atoms with van der Waals surface area (Å²) in [6, 6.07) is 0. The second-order valence-corrected chi connectivity index (χ2v) is 5.17. The van der Waals surface area contributed by atoms with Crippen LogP contribution in [0.1, 0.15) is 12.8 Å². The highest BCUT2D eigenvalue weighted by Crippen LogP contribution is 2.17. The molecule has 17 heavy (non-hydrogen) atoms. The summed E-state index contributed by atoms with van der Waals surface area (Å²) in [4.78, 5) is 11.6. The average molecular weight is 301 g/mol. The second kappa shape index (κ2) is 5.64. The molecule has 1 aliphatic heterocycles. The van der Waals surface area contributed by atoms with Crippen molar-refractivity contribution in [3.63, 3.8) is 0 Å². The van der Waals surface area contributed by atoms with E-state index in [1.54, 1.807) is 13.2 Å². The Morgan fingerprint density at radius 2 is 2.53 bits per heavy atom. The Morgan fingerprint density at radius 3 is 3.24 bits per heavy atom. The van der Waals surface area contributed by atoms with Crippen LogP contribution in [0.2, 0.25) is 0 Å². The van der Waals surface area contributed by atoms with Crippen LogP contribution in [0.4, 0.5) is 5.69 Å². The van der Waals surface area contributed by atoms with E-state index in [0.717, 1.165) is 37.7 Å². The van der Waals surface area contributed by atoms with Gasteiger partial charge in [0.15, 0.2) is 0 Å². The van der Waals surface area contributed by atoms with E-state index in [2.05, 4.69) is 31.7 Å². The molecular formula is C11H17BrN4O. The molecule has 0 bridgehead atoms. The first-order valence-corrected chi connectivity index (χ1v) is 6.64. The van der Waals surface area contributed by atoms with Crippen molar-refractivity contribution in [1.29, 1.82) is 0 Å². The first kappa shape index (κ1) is 12.6. The lowest BCUT2D eigenvalue weighted by molar-refractivity contribution is 0.549. The van der Waals surface area contributed by atoms with Crippen LogP contribution in [0.3, 0.4) is 0 Å². The number of nitrogens with one attached hydrogen (secondary N) is 2. The number of hydrogen-bond acceptors (Lipinski definition) is 4. The summed E-state index contributed by atoms with van der Waals surface area (Å²) in [5, 5.41) is 10.6. The maximum absolute atomic E-state index is 11.6. The fraction of sp³-hybridized carbons (Fsp3) is 0.636. The summed E-state index contributed by atoms with van der Waals surface area (Å²) in [6.07, 6.45) is 4.05. The molecule has 0 radical (unpaired) electrons. The third-order valence-electron chi connectivity index (χ3n) is 3.11. The summed E-state index contributed by atoms with van der Waals surface area (Å²) < 4.78 is 1.87. The van der Waals surface area contributed by atoms with Crippen molar-refractivity contribution < 1.29 is 0 Å². The van der Waals surface area contributed by atoms with Gasteiger partial charge in [-0.1, -0.05) is 0 Å². The topological polar surface area (TPSA) is 59.0 Å². The molecule has 1 aromatic rings. The van der Waals surface area contributed by atoms with E-state index in [1.165, 1.54) is 11.1 Å². The fourth-order valence-electron chi connectivity index (χ4n) is 2.01. The molecule has 1 fully saturated rings. The lowest BCUT2D eigenvalue weighted by Gasteiger charge is -2.11. The third-order valence-corrected chi connectivity index (χ3v) is 3.87. The number of hydrogen-bond donors (Lipinski definition) is 2. The van der Waals surface area contributed by atoms with Crippen LogP contribution in [0.25, 0.3) is 0 Å². The van der Waals surface area contributed by atoms with Crippen LogP contribution in [0.15, 0.2) is 15.5 Å². The minimum absolute atomic E-state index is 0.113. The Hall–Kier alpha value is -0.880. The minimum Gasteiger partial charge on any atom is -0.383 e. The minimum atomic E-state index is -0.113. The SMILES string of the molecule is Cn1ncc(NCCC2CCNC2)c(Br)c1=O. The number of aryl methyl sites for hydroxylation is 1. The summed E-state index contributed by atoms with van der Waals surface area (Å²) in [7, 11) is 1.64. The average Bonchev–Trinajstić information content (AvgIpc) is 2.82. The van der Waals surface area contributed by atoms with Gasteiger partial charge in [0.25, 0.3) is 5.56 Å². The van der Waals surface area contributed by atoms with Gasteiger partial charge in [0.1, 0.15) is 4.47 Å². The van der Waals surface area contributed by atoms with E-state index in [-0.39, 0.29) is 5.56 Å². The molecule has 0 spiro atoms. The van der Waals surface area contributed by atoms with Crippen molar-refractivity contribution in [1.82, 2.24) is 15.1 Å².